The third-order valence-corrected chi connectivity index (χ3v) is 3.46. The van der Waals surface area contributed by atoms with E-state index in [1.165, 1.54) is 25.7 Å². The zero-order valence-corrected chi connectivity index (χ0v) is 9.94. The average Bonchev–Trinajstić information content (AvgIpc) is 2.22. The lowest BCUT2D eigenvalue weighted by atomic mass is 9.96. The molecule has 2 atom stereocenters. The van der Waals surface area contributed by atoms with E-state index in [1.54, 1.807) is 0 Å². The minimum absolute atomic E-state index is 0.295. The highest BCUT2D eigenvalue weighted by molar-refractivity contribution is 4.69. The molecule has 0 amide bonds. The molecule has 0 spiro atoms. The molecule has 0 radical (unpaired) electrons. The molecule has 1 aliphatic rings. The fourth-order valence-corrected chi connectivity index (χ4v) is 2.40. The largest absolute Gasteiger partial charge is 0.386 e. The van der Waals surface area contributed by atoms with Crippen LogP contribution in [0, 0.1) is 10.1 Å². The van der Waals surface area contributed by atoms with E-state index in [4.69, 9.17) is 0 Å². The van der Waals surface area contributed by atoms with E-state index in [0.29, 0.717) is 12.8 Å². The van der Waals surface area contributed by atoms with E-state index in [9.17, 15) is 15.2 Å². The molecule has 4 heteroatoms. The zero-order chi connectivity index (χ0) is 11.8. The number of aliphatic hydroxyl groups excluding tert-OH is 1. The Hall–Kier alpha value is -0.640. The van der Waals surface area contributed by atoms with Gasteiger partial charge in [-0.15, -0.1) is 0 Å². The molecule has 1 saturated carbocycles. The van der Waals surface area contributed by atoms with E-state index < -0.39 is 12.1 Å². The Balaban J connectivity index is 2.43. The Morgan fingerprint density at radius 1 is 0.875 bits per heavy atom. The number of rotatable bonds is 1. The summed E-state index contributed by atoms with van der Waals surface area (Å²) in [6.45, 7) is 0. The van der Waals surface area contributed by atoms with Crippen LogP contribution in [0.15, 0.2) is 0 Å². The second-order valence-corrected chi connectivity index (χ2v) is 4.83. The van der Waals surface area contributed by atoms with Crippen molar-refractivity contribution >= 4 is 0 Å². The van der Waals surface area contributed by atoms with Gasteiger partial charge in [0.15, 0.2) is 0 Å². The van der Waals surface area contributed by atoms with Crippen molar-refractivity contribution in [3.8, 4) is 0 Å². The maximum Gasteiger partial charge on any atom is 0.238 e. The molecule has 16 heavy (non-hydrogen) atoms. The quantitative estimate of drug-likeness (QED) is 0.555. The van der Waals surface area contributed by atoms with Crippen molar-refractivity contribution < 1.29 is 10.0 Å². The molecular formula is C12H23NO3. The summed E-state index contributed by atoms with van der Waals surface area (Å²) in [5.41, 5.74) is 0. The SMILES string of the molecule is O=[N+]([O-])C1CCCCCCCCCCC1O. The number of nitrogens with zero attached hydrogens (tertiary/aromatic N) is 1. The van der Waals surface area contributed by atoms with Crippen LogP contribution >= 0.6 is 0 Å². The van der Waals surface area contributed by atoms with Crippen LogP contribution in [0.2, 0.25) is 0 Å². The molecular weight excluding hydrogens is 206 g/mol. The summed E-state index contributed by atoms with van der Waals surface area (Å²) in [5, 5.41) is 20.6. The van der Waals surface area contributed by atoms with Crippen molar-refractivity contribution in [1.29, 1.82) is 0 Å². The van der Waals surface area contributed by atoms with Crippen LogP contribution in [0.1, 0.15) is 64.2 Å². The summed E-state index contributed by atoms with van der Waals surface area (Å²) in [4.78, 5) is 10.5. The van der Waals surface area contributed by atoms with Gasteiger partial charge in [0.2, 0.25) is 6.04 Å². The Kier molecular flexibility index (Phi) is 6.38. The van der Waals surface area contributed by atoms with Crippen molar-refractivity contribution in [2.75, 3.05) is 0 Å². The molecule has 1 aliphatic carbocycles. The first-order valence-corrected chi connectivity index (χ1v) is 6.53. The van der Waals surface area contributed by atoms with E-state index >= 15 is 0 Å². The number of nitro groups is 1. The standard InChI is InChI=1S/C12H23NO3/c14-12-10-8-6-4-2-1-3-5-7-9-11(12)13(15)16/h11-12,14H,1-10H2. The van der Waals surface area contributed by atoms with Gasteiger partial charge in [0.25, 0.3) is 0 Å². The minimum atomic E-state index is -0.741. The van der Waals surface area contributed by atoms with E-state index in [2.05, 4.69) is 0 Å². The van der Waals surface area contributed by atoms with Gasteiger partial charge in [0, 0.05) is 11.3 Å². The predicted molar refractivity (Wildman–Crippen MR) is 63.0 cm³/mol. The smallest absolute Gasteiger partial charge is 0.238 e. The zero-order valence-electron chi connectivity index (χ0n) is 9.94. The highest BCUT2D eigenvalue weighted by atomic mass is 16.6. The Morgan fingerprint density at radius 3 is 1.81 bits per heavy atom. The van der Waals surface area contributed by atoms with Gasteiger partial charge in [-0.1, -0.05) is 44.9 Å². The third kappa shape index (κ3) is 4.92. The van der Waals surface area contributed by atoms with Gasteiger partial charge in [0.05, 0.1) is 0 Å². The van der Waals surface area contributed by atoms with Crippen LogP contribution in [-0.4, -0.2) is 22.2 Å². The van der Waals surface area contributed by atoms with Gasteiger partial charge >= 0.3 is 0 Å². The van der Waals surface area contributed by atoms with Crippen LogP contribution < -0.4 is 0 Å². The summed E-state index contributed by atoms with van der Waals surface area (Å²) in [6, 6.07) is -0.737. The Labute approximate surface area is 97.2 Å². The lowest BCUT2D eigenvalue weighted by Gasteiger charge is -2.16. The Bertz CT molecular complexity index is 208. The first-order valence-electron chi connectivity index (χ1n) is 6.53. The van der Waals surface area contributed by atoms with Crippen molar-refractivity contribution in [2.45, 2.75) is 76.4 Å². The molecule has 0 aromatic rings. The topological polar surface area (TPSA) is 63.4 Å². The highest BCUT2D eigenvalue weighted by Gasteiger charge is 2.28. The molecule has 1 rings (SSSR count). The molecule has 0 heterocycles. The fraction of sp³-hybridized carbons (Fsp3) is 1.00. The van der Waals surface area contributed by atoms with Crippen LogP contribution in [0.25, 0.3) is 0 Å². The lowest BCUT2D eigenvalue weighted by molar-refractivity contribution is -0.535. The fourth-order valence-electron chi connectivity index (χ4n) is 2.40. The second kappa shape index (κ2) is 7.60. The van der Waals surface area contributed by atoms with Gasteiger partial charge < -0.3 is 5.11 Å². The molecule has 2 unspecified atom stereocenters. The van der Waals surface area contributed by atoms with Gasteiger partial charge in [-0.25, -0.2) is 0 Å². The van der Waals surface area contributed by atoms with Crippen molar-refractivity contribution in [1.82, 2.24) is 0 Å². The van der Waals surface area contributed by atoms with E-state index in [0.717, 1.165) is 25.7 Å². The summed E-state index contributed by atoms with van der Waals surface area (Å²) in [6.07, 6.45) is 9.26. The maximum absolute atomic E-state index is 10.8. The third-order valence-electron chi connectivity index (χ3n) is 3.46. The van der Waals surface area contributed by atoms with Crippen LogP contribution in [0.3, 0.4) is 0 Å². The van der Waals surface area contributed by atoms with Gasteiger partial charge in [-0.2, -0.15) is 0 Å². The van der Waals surface area contributed by atoms with Gasteiger partial charge in [-0.3, -0.25) is 10.1 Å². The number of aliphatic hydroxyl groups is 1. The summed E-state index contributed by atoms with van der Waals surface area (Å²) >= 11 is 0. The van der Waals surface area contributed by atoms with Crippen LogP contribution in [0.5, 0.6) is 0 Å². The first-order chi connectivity index (χ1) is 7.72. The van der Waals surface area contributed by atoms with Crippen molar-refractivity contribution in [2.24, 2.45) is 0 Å². The van der Waals surface area contributed by atoms with Crippen LogP contribution in [0.4, 0.5) is 0 Å². The molecule has 0 saturated heterocycles. The second-order valence-electron chi connectivity index (χ2n) is 4.83. The van der Waals surface area contributed by atoms with Gasteiger partial charge in [0.1, 0.15) is 6.10 Å². The van der Waals surface area contributed by atoms with E-state index in [1.807, 2.05) is 0 Å². The summed E-state index contributed by atoms with van der Waals surface area (Å²) in [5.74, 6) is 0. The average molecular weight is 229 g/mol. The molecule has 1 N–H and O–H groups in total. The number of hydrogen-bond acceptors (Lipinski definition) is 3. The normalized spacial score (nSPS) is 30.1. The minimum Gasteiger partial charge on any atom is -0.386 e. The van der Waals surface area contributed by atoms with Crippen molar-refractivity contribution in [3.63, 3.8) is 0 Å². The monoisotopic (exact) mass is 229 g/mol. The molecule has 0 aromatic heterocycles. The summed E-state index contributed by atoms with van der Waals surface area (Å²) < 4.78 is 0. The predicted octanol–water partition coefficient (Wildman–Crippen LogP) is 2.91. The molecule has 0 aliphatic heterocycles. The first kappa shape index (κ1) is 13.4. The number of hydrogen-bond donors (Lipinski definition) is 1. The molecule has 0 bridgehead atoms. The Morgan fingerprint density at radius 2 is 1.31 bits per heavy atom. The van der Waals surface area contributed by atoms with Crippen molar-refractivity contribution in [3.05, 3.63) is 10.1 Å². The molecule has 4 nitrogen and oxygen atoms in total. The summed E-state index contributed by atoms with van der Waals surface area (Å²) in [7, 11) is 0. The molecule has 94 valence electrons. The maximum atomic E-state index is 10.8. The molecule has 0 aromatic carbocycles. The molecule has 1 fully saturated rings. The van der Waals surface area contributed by atoms with Crippen LogP contribution in [-0.2, 0) is 0 Å². The highest BCUT2D eigenvalue weighted by Crippen LogP contribution is 2.18. The van der Waals surface area contributed by atoms with E-state index in [-0.39, 0.29) is 4.92 Å². The van der Waals surface area contributed by atoms with Gasteiger partial charge in [-0.05, 0) is 12.8 Å². The lowest BCUT2D eigenvalue weighted by Crippen LogP contribution is -2.33.